The standard InChI is InChI=1S/Ba.16H2O.2H/h;16*1H2;;. The van der Waals surface area contributed by atoms with Crippen LogP contribution in [0.25, 0.3) is 0 Å². The molecule has 0 aromatic heterocycles. The summed E-state index contributed by atoms with van der Waals surface area (Å²) in [6.45, 7) is 0. The van der Waals surface area contributed by atoms with Gasteiger partial charge in [-0.05, 0) is 0 Å². The van der Waals surface area contributed by atoms with Crippen molar-refractivity contribution in [3.8, 4) is 0 Å². The molecule has 32 N–H and O–H groups in total. The van der Waals surface area contributed by atoms with Crippen LogP contribution in [0.5, 0.6) is 0 Å². The average Bonchev–Trinajstić information content (AvgIpc) is 0. The number of hydrogen-bond acceptors (Lipinski definition) is 0. The van der Waals surface area contributed by atoms with E-state index in [2.05, 4.69) is 0 Å². The maximum absolute atomic E-state index is 0. The molecule has 0 spiro atoms. The zero-order valence-electron chi connectivity index (χ0n) is 8.00. The van der Waals surface area contributed by atoms with Crippen LogP contribution in [0.15, 0.2) is 0 Å². The van der Waals surface area contributed by atoms with Gasteiger partial charge < -0.3 is 87.6 Å². The zero-order valence-corrected chi connectivity index (χ0v) is 8.00. The van der Waals surface area contributed by atoms with E-state index in [-0.39, 0.29) is 137 Å². The predicted molar refractivity (Wildman–Crippen MR) is 66.4 cm³/mol. The Kier molecular flexibility index (Phi) is 1730000. The van der Waals surface area contributed by atoms with Crippen LogP contribution in [0.3, 0.4) is 0 Å². The van der Waals surface area contributed by atoms with E-state index in [1.807, 2.05) is 0 Å². The van der Waals surface area contributed by atoms with Gasteiger partial charge in [0.05, 0.1) is 0 Å². The third kappa shape index (κ3) is 4350. The fourth-order valence-electron chi connectivity index (χ4n) is 0. The Labute approximate surface area is 136 Å². The van der Waals surface area contributed by atoms with Gasteiger partial charge in [0.15, 0.2) is 0 Å². The maximum atomic E-state index is 0. The van der Waals surface area contributed by atoms with E-state index >= 15 is 0 Å². The van der Waals surface area contributed by atoms with Crippen LogP contribution in [0.4, 0.5) is 0 Å². The van der Waals surface area contributed by atoms with Crippen molar-refractivity contribution in [2.24, 2.45) is 0 Å². The minimum atomic E-state index is 0. The third-order valence-corrected chi connectivity index (χ3v) is 0. The van der Waals surface area contributed by atoms with Crippen LogP contribution in [0.1, 0.15) is 0 Å². The summed E-state index contributed by atoms with van der Waals surface area (Å²) in [5.74, 6) is 0. The third-order valence-electron chi connectivity index (χ3n) is 0. The Hall–Kier alpha value is 0.931. The molecule has 0 radical (unpaired) electrons. The topological polar surface area (TPSA) is 504 Å². The van der Waals surface area contributed by atoms with Gasteiger partial charge in [-0.25, -0.2) is 0 Å². The van der Waals surface area contributed by atoms with E-state index < -0.39 is 0 Å². The van der Waals surface area contributed by atoms with Crippen molar-refractivity contribution in [2.45, 2.75) is 0 Å². The molecule has 0 heterocycles. The van der Waals surface area contributed by atoms with Crippen LogP contribution in [0, 0.1) is 0 Å². The molecule has 0 atom stereocenters. The first-order chi connectivity index (χ1) is 0. The van der Waals surface area contributed by atoms with Gasteiger partial charge in [0.2, 0.25) is 0 Å². The molecule has 0 aliphatic heterocycles. The average molecular weight is 428 g/mol. The fraction of sp³-hybridized carbons (Fsp3) is 0. The molecule has 0 aromatic rings. The molecule has 132 valence electrons. The van der Waals surface area contributed by atoms with Gasteiger partial charge in [0.25, 0.3) is 0 Å². The van der Waals surface area contributed by atoms with Gasteiger partial charge >= 0.3 is 48.9 Å². The van der Waals surface area contributed by atoms with Crippen molar-refractivity contribution in [1.29, 1.82) is 0 Å². The predicted octanol–water partition coefficient (Wildman–Crippen LogP) is -14.1. The first-order valence-corrected chi connectivity index (χ1v) is 0. The summed E-state index contributed by atoms with van der Waals surface area (Å²) in [6, 6.07) is 0. The molecule has 17 heteroatoms. The molecular weight excluding hydrogens is 393 g/mol. The van der Waals surface area contributed by atoms with Crippen LogP contribution in [0.2, 0.25) is 0 Å². The first-order valence-electron chi connectivity index (χ1n) is 0. The monoisotopic (exact) mass is 428 g/mol. The summed E-state index contributed by atoms with van der Waals surface area (Å²) in [7, 11) is 0. The molecular formula is H34BaO16. The molecule has 16 nitrogen and oxygen atoms in total. The van der Waals surface area contributed by atoms with Gasteiger partial charge in [-0.15, -0.1) is 0 Å². The van der Waals surface area contributed by atoms with Crippen molar-refractivity contribution in [3.05, 3.63) is 0 Å². The van der Waals surface area contributed by atoms with Crippen molar-refractivity contribution < 1.29 is 87.6 Å². The van der Waals surface area contributed by atoms with E-state index in [9.17, 15) is 0 Å². The van der Waals surface area contributed by atoms with Gasteiger partial charge in [-0.3, -0.25) is 0 Å². The molecule has 0 aromatic carbocycles. The van der Waals surface area contributed by atoms with E-state index in [1.165, 1.54) is 0 Å². The second-order valence-electron chi connectivity index (χ2n) is 0. The van der Waals surface area contributed by atoms with Crippen molar-refractivity contribution in [3.63, 3.8) is 0 Å². The SMILES string of the molecule is O.O.O.O.O.O.O.O.O.O.O.O.O.O.O.O.[BaH2]. The summed E-state index contributed by atoms with van der Waals surface area (Å²) < 4.78 is 0. The normalized spacial score (nSPS) is 0. The summed E-state index contributed by atoms with van der Waals surface area (Å²) >= 11 is 0. The molecule has 0 saturated heterocycles. The van der Waals surface area contributed by atoms with Crippen LogP contribution in [-0.2, 0) is 0 Å². The van der Waals surface area contributed by atoms with Crippen LogP contribution < -0.4 is 0 Å². The van der Waals surface area contributed by atoms with E-state index in [0.29, 0.717) is 0 Å². The molecule has 0 amide bonds. The second kappa shape index (κ2) is 4950. The van der Waals surface area contributed by atoms with Gasteiger partial charge in [-0.1, -0.05) is 0 Å². The molecule has 0 unspecified atom stereocenters. The molecule has 0 aliphatic carbocycles. The van der Waals surface area contributed by atoms with Crippen molar-refractivity contribution in [1.82, 2.24) is 0 Å². The Bertz CT molecular complexity index is 5.49. The first kappa shape index (κ1) is 5930. The van der Waals surface area contributed by atoms with E-state index in [1.54, 1.807) is 0 Å². The number of rotatable bonds is 0. The zero-order chi connectivity index (χ0) is 0. The quantitative estimate of drug-likeness (QED) is 0.324. The summed E-state index contributed by atoms with van der Waals surface area (Å²) in [5, 5.41) is 0. The summed E-state index contributed by atoms with van der Waals surface area (Å²) in [4.78, 5) is 0. The van der Waals surface area contributed by atoms with Gasteiger partial charge in [0.1, 0.15) is 0 Å². The van der Waals surface area contributed by atoms with Crippen molar-refractivity contribution in [2.75, 3.05) is 0 Å². The second-order valence-corrected chi connectivity index (χ2v) is 0. The Morgan fingerprint density at radius 1 is 0.118 bits per heavy atom. The molecule has 0 aliphatic rings. The Morgan fingerprint density at radius 2 is 0.118 bits per heavy atom. The molecule has 0 fully saturated rings. The minimum absolute atomic E-state index is 0. The molecule has 0 bridgehead atoms. The van der Waals surface area contributed by atoms with Crippen molar-refractivity contribution >= 4 is 48.9 Å². The summed E-state index contributed by atoms with van der Waals surface area (Å²) in [5.41, 5.74) is 0. The number of hydrogen-bond donors (Lipinski definition) is 0. The Balaban J connectivity index is 0. The van der Waals surface area contributed by atoms with Gasteiger partial charge in [0, 0.05) is 0 Å². The molecule has 0 rings (SSSR count). The van der Waals surface area contributed by atoms with E-state index in [0.717, 1.165) is 0 Å². The van der Waals surface area contributed by atoms with Crippen LogP contribution in [-0.4, -0.2) is 137 Å². The van der Waals surface area contributed by atoms with Crippen LogP contribution >= 0.6 is 0 Å². The van der Waals surface area contributed by atoms with E-state index in [4.69, 9.17) is 0 Å². The van der Waals surface area contributed by atoms with Gasteiger partial charge in [-0.2, -0.15) is 0 Å². The molecule has 17 heavy (non-hydrogen) atoms. The molecule has 0 saturated carbocycles. The summed E-state index contributed by atoms with van der Waals surface area (Å²) in [6.07, 6.45) is 0. The fourth-order valence-corrected chi connectivity index (χ4v) is 0. The Morgan fingerprint density at radius 3 is 0.118 bits per heavy atom.